The number of halogens is 1. The summed E-state index contributed by atoms with van der Waals surface area (Å²) in [6, 6.07) is 4.36. The Morgan fingerprint density at radius 2 is 2.18 bits per heavy atom. The number of benzene rings is 1. The van der Waals surface area contributed by atoms with Gasteiger partial charge < -0.3 is 10.1 Å². The van der Waals surface area contributed by atoms with E-state index in [-0.39, 0.29) is 11.7 Å². The molecule has 0 aliphatic rings. The van der Waals surface area contributed by atoms with Gasteiger partial charge in [0.2, 0.25) is 0 Å². The first-order valence-corrected chi connectivity index (χ1v) is 5.68. The summed E-state index contributed by atoms with van der Waals surface area (Å²) >= 11 is 0. The standard InChI is InChI=1S/C13H18FNO2/c1-10-9-11(5-6-12(10)14)13(16)15-7-3-4-8-17-2/h5-6,9H,3-4,7-8H2,1-2H3,(H,15,16). The molecule has 0 aliphatic carbocycles. The quantitative estimate of drug-likeness (QED) is 0.773. The molecule has 0 bridgehead atoms. The number of methoxy groups -OCH3 is 1. The minimum absolute atomic E-state index is 0.162. The van der Waals surface area contributed by atoms with Crippen LogP contribution in [0.2, 0.25) is 0 Å². The second-order valence-electron chi connectivity index (χ2n) is 3.92. The fourth-order valence-electron chi connectivity index (χ4n) is 1.46. The normalized spacial score (nSPS) is 10.3. The average molecular weight is 239 g/mol. The number of rotatable bonds is 6. The third-order valence-electron chi connectivity index (χ3n) is 2.48. The zero-order valence-corrected chi connectivity index (χ0v) is 10.3. The van der Waals surface area contributed by atoms with E-state index in [0.717, 1.165) is 12.8 Å². The molecule has 0 aromatic heterocycles. The Morgan fingerprint density at radius 1 is 1.41 bits per heavy atom. The van der Waals surface area contributed by atoms with Gasteiger partial charge in [-0.3, -0.25) is 4.79 Å². The van der Waals surface area contributed by atoms with Gasteiger partial charge in [0.05, 0.1) is 0 Å². The lowest BCUT2D eigenvalue weighted by Gasteiger charge is -2.06. The van der Waals surface area contributed by atoms with Crippen molar-refractivity contribution in [2.75, 3.05) is 20.3 Å². The number of nitrogens with one attached hydrogen (secondary N) is 1. The second kappa shape index (κ2) is 7.01. The van der Waals surface area contributed by atoms with E-state index in [1.165, 1.54) is 12.1 Å². The maximum absolute atomic E-state index is 13.0. The van der Waals surface area contributed by atoms with E-state index in [0.29, 0.717) is 24.3 Å². The molecule has 1 aromatic carbocycles. The predicted molar refractivity (Wildman–Crippen MR) is 64.6 cm³/mol. The number of aryl methyl sites for hydroxylation is 1. The summed E-state index contributed by atoms with van der Waals surface area (Å²) in [5.41, 5.74) is 0.979. The Bertz CT molecular complexity index is 380. The van der Waals surface area contributed by atoms with Crippen LogP contribution in [0.1, 0.15) is 28.8 Å². The Labute approximate surface area is 101 Å². The van der Waals surface area contributed by atoms with Crippen LogP contribution in [0, 0.1) is 12.7 Å². The monoisotopic (exact) mass is 239 g/mol. The van der Waals surface area contributed by atoms with Gasteiger partial charge in [-0.2, -0.15) is 0 Å². The van der Waals surface area contributed by atoms with Crippen LogP contribution in [0.15, 0.2) is 18.2 Å². The summed E-state index contributed by atoms with van der Waals surface area (Å²) in [6.45, 7) is 2.95. The van der Waals surface area contributed by atoms with E-state index in [2.05, 4.69) is 5.32 Å². The number of carbonyl (C=O) groups is 1. The molecular formula is C13H18FNO2. The first kappa shape index (κ1) is 13.6. The zero-order chi connectivity index (χ0) is 12.7. The molecule has 0 saturated carbocycles. The van der Waals surface area contributed by atoms with Gasteiger partial charge in [-0.05, 0) is 43.5 Å². The maximum Gasteiger partial charge on any atom is 0.251 e. The minimum atomic E-state index is -0.290. The smallest absolute Gasteiger partial charge is 0.251 e. The summed E-state index contributed by atoms with van der Waals surface area (Å²) in [5, 5.41) is 2.79. The average Bonchev–Trinajstić information content (AvgIpc) is 2.32. The lowest BCUT2D eigenvalue weighted by Crippen LogP contribution is -2.24. The van der Waals surface area contributed by atoms with Crippen molar-refractivity contribution < 1.29 is 13.9 Å². The molecule has 0 unspecified atom stereocenters. The van der Waals surface area contributed by atoms with Crippen molar-refractivity contribution in [3.05, 3.63) is 35.1 Å². The molecular weight excluding hydrogens is 221 g/mol. The molecule has 4 heteroatoms. The summed E-state index contributed by atoms with van der Waals surface area (Å²) in [5.74, 6) is -0.452. The minimum Gasteiger partial charge on any atom is -0.385 e. The summed E-state index contributed by atoms with van der Waals surface area (Å²) in [7, 11) is 1.65. The SMILES string of the molecule is COCCCCNC(=O)c1ccc(F)c(C)c1. The molecule has 17 heavy (non-hydrogen) atoms. The lowest BCUT2D eigenvalue weighted by atomic mass is 10.1. The van der Waals surface area contributed by atoms with E-state index in [1.54, 1.807) is 20.1 Å². The summed E-state index contributed by atoms with van der Waals surface area (Å²) < 4.78 is 17.9. The van der Waals surface area contributed by atoms with Crippen LogP contribution in [0.3, 0.4) is 0 Å². The van der Waals surface area contributed by atoms with Crippen LogP contribution in [-0.2, 0) is 4.74 Å². The van der Waals surface area contributed by atoms with E-state index >= 15 is 0 Å². The molecule has 0 radical (unpaired) electrons. The summed E-state index contributed by atoms with van der Waals surface area (Å²) in [6.07, 6.45) is 1.79. The first-order chi connectivity index (χ1) is 8.15. The van der Waals surface area contributed by atoms with Crippen LogP contribution < -0.4 is 5.32 Å². The molecule has 1 N–H and O–H groups in total. The highest BCUT2D eigenvalue weighted by molar-refractivity contribution is 5.94. The molecule has 0 aliphatic heterocycles. The number of hydrogen-bond acceptors (Lipinski definition) is 2. The van der Waals surface area contributed by atoms with Gasteiger partial charge in [-0.15, -0.1) is 0 Å². The van der Waals surface area contributed by atoms with Crippen LogP contribution in [0.5, 0.6) is 0 Å². The van der Waals surface area contributed by atoms with Crippen molar-refractivity contribution in [1.82, 2.24) is 5.32 Å². The fraction of sp³-hybridized carbons (Fsp3) is 0.462. The molecule has 0 spiro atoms. The Morgan fingerprint density at radius 3 is 2.82 bits per heavy atom. The molecule has 1 rings (SSSR count). The number of amides is 1. The molecule has 0 heterocycles. The maximum atomic E-state index is 13.0. The highest BCUT2D eigenvalue weighted by atomic mass is 19.1. The molecule has 0 fully saturated rings. The van der Waals surface area contributed by atoms with Crippen LogP contribution in [0.25, 0.3) is 0 Å². The molecule has 0 saturated heterocycles. The zero-order valence-electron chi connectivity index (χ0n) is 10.3. The summed E-state index contributed by atoms with van der Waals surface area (Å²) in [4.78, 5) is 11.7. The van der Waals surface area contributed by atoms with E-state index in [9.17, 15) is 9.18 Å². The van der Waals surface area contributed by atoms with Crippen LogP contribution in [0.4, 0.5) is 4.39 Å². The van der Waals surface area contributed by atoms with E-state index < -0.39 is 0 Å². The second-order valence-corrected chi connectivity index (χ2v) is 3.92. The van der Waals surface area contributed by atoms with E-state index in [4.69, 9.17) is 4.74 Å². The highest BCUT2D eigenvalue weighted by Crippen LogP contribution is 2.08. The van der Waals surface area contributed by atoms with Crippen molar-refractivity contribution >= 4 is 5.91 Å². The van der Waals surface area contributed by atoms with Crippen LogP contribution in [-0.4, -0.2) is 26.2 Å². The first-order valence-electron chi connectivity index (χ1n) is 5.68. The predicted octanol–water partition coefficient (Wildman–Crippen LogP) is 2.29. The van der Waals surface area contributed by atoms with Gasteiger partial charge in [-0.25, -0.2) is 4.39 Å². The van der Waals surface area contributed by atoms with Gasteiger partial charge in [-0.1, -0.05) is 0 Å². The van der Waals surface area contributed by atoms with Gasteiger partial charge in [0.1, 0.15) is 5.82 Å². The van der Waals surface area contributed by atoms with Crippen LogP contribution >= 0.6 is 0 Å². The number of ether oxygens (including phenoxy) is 1. The Balaban J connectivity index is 2.39. The van der Waals surface area contributed by atoms with Gasteiger partial charge in [0.15, 0.2) is 0 Å². The molecule has 3 nitrogen and oxygen atoms in total. The van der Waals surface area contributed by atoms with Crippen molar-refractivity contribution in [2.24, 2.45) is 0 Å². The number of hydrogen-bond donors (Lipinski definition) is 1. The van der Waals surface area contributed by atoms with Crippen molar-refractivity contribution in [2.45, 2.75) is 19.8 Å². The Kier molecular flexibility index (Phi) is 5.63. The molecule has 94 valence electrons. The molecule has 1 amide bonds. The fourth-order valence-corrected chi connectivity index (χ4v) is 1.46. The topological polar surface area (TPSA) is 38.3 Å². The third kappa shape index (κ3) is 4.53. The lowest BCUT2D eigenvalue weighted by molar-refractivity contribution is 0.0951. The highest BCUT2D eigenvalue weighted by Gasteiger charge is 2.06. The third-order valence-corrected chi connectivity index (χ3v) is 2.48. The van der Waals surface area contributed by atoms with Crippen molar-refractivity contribution in [3.63, 3.8) is 0 Å². The number of unbranched alkanes of at least 4 members (excludes halogenated alkanes) is 1. The van der Waals surface area contributed by atoms with Crippen molar-refractivity contribution in [1.29, 1.82) is 0 Å². The van der Waals surface area contributed by atoms with Gasteiger partial charge in [0, 0.05) is 25.8 Å². The molecule has 1 aromatic rings. The molecule has 0 atom stereocenters. The van der Waals surface area contributed by atoms with Gasteiger partial charge in [0.25, 0.3) is 5.91 Å². The largest absolute Gasteiger partial charge is 0.385 e. The Hall–Kier alpha value is -1.42. The van der Waals surface area contributed by atoms with Gasteiger partial charge >= 0.3 is 0 Å². The number of carbonyl (C=O) groups excluding carboxylic acids is 1. The van der Waals surface area contributed by atoms with Crippen molar-refractivity contribution in [3.8, 4) is 0 Å². The van der Waals surface area contributed by atoms with E-state index in [1.807, 2.05) is 0 Å².